The molecule has 1 heterocycles. The maximum Gasteiger partial charge on any atom is 0.522 e. The van der Waals surface area contributed by atoms with E-state index in [-0.39, 0.29) is 23.5 Å². The third-order valence-corrected chi connectivity index (χ3v) is 5.80. The second-order valence-electron chi connectivity index (χ2n) is 8.68. The van der Waals surface area contributed by atoms with Crippen LogP contribution in [0, 0.1) is 15.7 Å². The molecule has 1 aliphatic carbocycles. The first-order valence-corrected chi connectivity index (χ1v) is 11.9. The molecule has 1 saturated carbocycles. The molecule has 19 heteroatoms. The van der Waals surface area contributed by atoms with Gasteiger partial charge in [-0.05, 0) is 55.7 Å². The molecule has 1 fully saturated rings. The van der Waals surface area contributed by atoms with E-state index in [0.717, 1.165) is 5.56 Å². The smallest absolute Gasteiger partial charge is 0.334 e. The average molecular weight is 587 g/mol. The molecule has 0 radical (unpaired) electrons. The molecule has 1 aromatic heterocycles. The first kappa shape index (κ1) is 32.6. The molecular weight excluding hydrogens is 560 g/mol. The maximum atomic E-state index is 12.1. The van der Waals surface area contributed by atoms with E-state index in [1.807, 2.05) is 0 Å². The van der Waals surface area contributed by atoms with E-state index in [1.165, 1.54) is 6.20 Å². The molecule has 1 aromatic rings. The van der Waals surface area contributed by atoms with Crippen molar-refractivity contribution in [2.45, 2.75) is 57.4 Å². The summed E-state index contributed by atoms with van der Waals surface area (Å²) in [7, 11) is 0. The minimum Gasteiger partial charge on any atom is -0.334 e. The van der Waals surface area contributed by atoms with E-state index < -0.39 is 51.1 Å². The van der Waals surface area contributed by atoms with Gasteiger partial charge in [0, 0.05) is 12.2 Å². The Morgan fingerprint density at radius 3 is 2.00 bits per heavy atom. The van der Waals surface area contributed by atoms with Gasteiger partial charge in [-0.3, -0.25) is 14.5 Å². The molecule has 40 heavy (non-hydrogen) atoms. The number of alkyl halides is 6. The topological polar surface area (TPSA) is 155 Å². The molecule has 0 bridgehead atoms. The van der Waals surface area contributed by atoms with E-state index in [9.17, 15) is 45.7 Å². The van der Waals surface area contributed by atoms with Crippen LogP contribution in [-0.2, 0) is 22.4 Å². The number of halogens is 6. The summed E-state index contributed by atoms with van der Waals surface area (Å²) in [4.78, 5) is 49.9. The highest BCUT2D eigenvalue weighted by atomic mass is 19.4. The first-order valence-electron chi connectivity index (χ1n) is 11.9. The number of nitrogens with zero attached hydrogens (tertiary/aromatic N) is 5. The van der Waals surface area contributed by atoms with Crippen molar-refractivity contribution in [1.82, 2.24) is 25.6 Å². The zero-order chi connectivity index (χ0) is 29.8. The molecule has 0 aromatic carbocycles. The van der Waals surface area contributed by atoms with Gasteiger partial charge in [-0.1, -0.05) is 0 Å². The zero-order valence-corrected chi connectivity index (χ0v) is 20.9. The molecular formula is C21H27F6N7O6. The number of carbonyl (C=O) groups excluding carboxylic acids is 2. The number of pyridine rings is 1. The molecule has 0 saturated heterocycles. The van der Waals surface area contributed by atoms with Gasteiger partial charge in [0.25, 0.3) is 0 Å². The number of ether oxygens (including phenoxy) is 2. The Morgan fingerprint density at radius 1 is 0.925 bits per heavy atom. The van der Waals surface area contributed by atoms with Crippen molar-refractivity contribution in [1.29, 1.82) is 0 Å². The van der Waals surface area contributed by atoms with Crippen LogP contribution in [0.4, 0.5) is 35.9 Å². The Labute approximate surface area is 223 Å². The summed E-state index contributed by atoms with van der Waals surface area (Å²) in [5, 5.41) is 10.3. The van der Waals surface area contributed by atoms with Crippen LogP contribution in [0.2, 0.25) is 0 Å². The normalized spacial score (nSPS) is 17.6. The third-order valence-electron chi connectivity index (χ3n) is 5.80. The number of amides is 4. The Morgan fingerprint density at radius 2 is 1.48 bits per heavy atom. The van der Waals surface area contributed by atoms with Crippen molar-refractivity contribution < 1.29 is 45.4 Å². The Bertz CT molecular complexity index is 991. The molecule has 1 aliphatic rings. The highest BCUT2D eigenvalue weighted by Gasteiger charge is 2.31. The highest BCUT2D eigenvalue weighted by molar-refractivity contribution is 5.74. The highest BCUT2D eigenvalue weighted by Crippen LogP contribution is 2.28. The minimum absolute atomic E-state index is 0.118. The predicted octanol–water partition coefficient (Wildman–Crippen LogP) is 4.14. The van der Waals surface area contributed by atoms with Crippen molar-refractivity contribution >= 4 is 12.1 Å². The fourth-order valence-corrected chi connectivity index (χ4v) is 3.96. The summed E-state index contributed by atoms with van der Waals surface area (Å²) in [5.74, 6) is 0.224. The molecule has 0 unspecified atom stereocenters. The lowest BCUT2D eigenvalue weighted by Crippen LogP contribution is -2.45. The van der Waals surface area contributed by atoms with Gasteiger partial charge in [0.15, 0.2) is 0 Å². The van der Waals surface area contributed by atoms with Gasteiger partial charge in [0.05, 0.1) is 49.1 Å². The van der Waals surface area contributed by atoms with Crippen LogP contribution in [0.3, 0.4) is 0 Å². The van der Waals surface area contributed by atoms with E-state index in [4.69, 9.17) is 0 Å². The number of nitroso groups, excluding NO2 is 2. The van der Waals surface area contributed by atoms with Crippen molar-refractivity contribution in [2.75, 3.05) is 26.3 Å². The third kappa shape index (κ3) is 12.5. The summed E-state index contributed by atoms with van der Waals surface area (Å²) in [6.07, 6.45) is -5.13. The van der Waals surface area contributed by atoms with Gasteiger partial charge >= 0.3 is 24.8 Å². The number of carbonyl (C=O) groups is 2. The predicted molar refractivity (Wildman–Crippen MR) is 123 cm³/mol. The molecule has 2 N–H and O–H groups in total. The maximum absolute atomic E-state index is 12.1. The summed E-state index contributed by atoms with van der Waals surface area (Å²) >= 11 is 0. The van der Waals surface area contributed by atoms with Gasteiger partial charge in [-0.2, -0.15) is 10.0 Å². The van der Waals surface area contributed by atoms with Gasteiger partial charge in [-0.25, -0.2) is 9.59 Å². The van der Waals surface area contributed by atoms with Crippen LogP contribution in [-0.4, -0.2) is 72.1 Å². The molecule has 0 atom stereocenters. The fraction of sp³-hybridized carbons (Fsp3) is 0.667. The standard InChI is InChI=1S/C21H27F6N7O6/c22-20(23,24)39-9-7-33(31-37)18(35)29-13-17-12-15(5-6-28-17)11-14-1-3-16(4-2-14)30-19(36)34(32-38)8-10-40-21(25,26)27/h5-6,12,14,16H,1-4,7-11,13H2,(H,29,35)(H,30,36). The van der Waals surface area contributed by atoms with Gasteiger partial charge < -0.3 is 10.6 Å². The van der Waals surface area contributed by atoms with E-state index in [2.05, 4.69) is 35.7 Å². The Hall–Kier alpha value is -3.61. The summed E-state index contributed by atoms with van der Waals surface area (Å²) in [5.41, 5.74) is 1.32. The van der Waals surface area contributed by atoms with Gasteiger partial charge in [0.1, 0.15) is 0 Å². The van der Waals surface area contributed by atoms with E-state index in [0.29, 0.717) is 42.8 Å². The van der Waals surface area contributed by atoms with Gasteiger partial charge in [0.2, 0.25) is 0 Å². The Balaban J connectivity index is 1.76. The van der Waals surface area contributed by atoms with Crippen LogP contribution < -0.4 is 10.6 Å². The lowest BCUT2D eigenvalue weighted by Gasteiger charge is -2.30. The van der Waals surface area contributed by atoms with Crippen LogP contribution in [0.5, 0.6) is 0 Å². The zero-order valence-electron chi connectivity index (χ0n) is 20.9. The quantitative estimate of drug-likeness (QED) is 0.200. The fourth-order valence-electron chi connectivity index (χ4n) is 3.96. The lowest BCUT2D eigenvalue weighted by molar-refractivity contribution is -0.325. The van der Waals surface area contributed by atoms with Crippen molar-refractivity contribution in [2.24, 2.45) is 16.5 Å². The molecule has 0 spiro atoms. The van der Waals surface area contributed by atoms with Gasteiger partial charge in [-0.15, -0.1) is 36.2 Å². The summed E-state index contributed by atoms with van der Waals surface area (Å²) in [6.45, 7) is -3.39. The van der Waals surface area contributed by atoms with Crippen molar-refractivity contribution in [3.05, 3.63) is 39.4 Å². The average Bonchev–Trinajstić information content (AvgIpc) is 2.88. The number of hydrogen-bond acceptors (Lipinski definition) is 9. The summed E-state index contributed by atoms with van der Waals surface area (Å²) < 4.78 is 79.4. The Kier molecular flexibility index (Phi) is 12.4. The molecule has 0 aliphatic heterocycles. The second kappa shape index (κ2) is 15.2. The first-order chi connectivity index (χ1) is 18.8. The van der Waals surface area contributed by atoms with Crippen LogP contribution in [0.25, 0.3) is 0 Å². The molecule has 4 amide bonds. The summed E-state index contributed by atoms with van der Waals surface area (Å²) in [6, 6.07) is 1.25. The number of urea groups is 2. The van der Waals surface area contributed by atoms with Crippen molar-refractivity contribution in [3.8, 4) is 0 Å². The van der Waals surface area contributed by atoms with Crippen LogP contribution >= 0.6 is 0 Å². The lowest BCUT2D eigenvalue weighted by atomic mass is 9.82. The van der Waals surface area contributed by atoms with Crippen LogP contribution in [0.15, 0.2) is 28.9 Å². The SMILES string of the molecule is O=NN(CCOC(F)(F)F)C(=O)NCc1cc(CC2CCC(NC(=O)N(CCOC(F)(F)F)N=O)CC2)ccn1. The van der Waals surface area contributed by atoms with E-state index in [1.54, 1.807) is 12.1 Å². The number of rotatable bonds is 13. The number of nitrogens with one attached hydrogen (secondary N) is 2. The van der Waals surface area contributed by atoms with Crippen LogP contribution in [0.1, 0.15) is 36.9 Å². The molecule has 2 rings (SSSR count). The van der Waals surface area contributed by atoms with Crippen molar-refractivity contribution in [3.63, 3.8) is 0 Å². The van der Waals surface area contributed by atoms with E-state index >= 15 is 0 Å². The minimum atomic E-state index is -4.91. The number of hydrogen-bond donors (Lipinski definition) is 2. The monoisotopic (exact) mass is 587 g/mol. The molecule has 13 nitrogen and oxygen atoms in total. The molecule has 224 valence electrons. The largest absolute Gasteiger partial charge is 0.522 e. The number of aromatic nitrogens is 1. The second-order valence-corrected chi connectivity index (χ2v) is 8.68.